The second-order valence-corrected chi connectivity index (χ2v) is 39.0. The number of unbranched alkanes of at least 4 members (excludes halogenated alkanes) is 4. The van der Waals surface area contributed by atoms with Crippen LogP contribution in [0.1, 0.15) is 254 Å². The van der Waals surface area contributed by atoms with Crippen LogP contribution in [-0.4, -0.2) is 179 Å². The van der Waals surface area contributed by atoms with Crippen molar-refractivity contribution in [2.75, 3.05) is 60.6 Å². The number of amides is 6. The molecular formula is C105H125BrN6O15S3. The summed E-state index contributed by atoms with van der Waals surface area (Å²) >= 11 is 7.83. The quantitative estimate of drug-likeness (QED) is 0.0237. The second kappa shape index (κ2) is 49.6. The number of carbonyl (C=O) groups excluding carboxylic acids is 9. The zero-order chi connectivity index (χ0) is 94.2. The van der Waals surface area contributed by atoms with Crippen LogP contribution in [0.5, 0.6) is 0 Å². The van der Waals surface area contributed by atoms with Crippen LogP contribution in [-0.2, 0) is 54.5 Å². The highest BCUT2D eigenvalue weighted by atomic mass is 79.9. The van der Waals surface area contributed by atoms with Gasteiger partial charge in [-0.2, -0.15) is 0 Å². The number of rotatable bonds is 24. The summed E-state index contributed by atoms with van der Waals surface area (Å²) in [7, 11) is 4.11. The summed E-state index contributed by atoms with van der Waals surface area (Å²) in [5.41, 5.74) is 11.1. The number of terminal acetylenes is 1. The SMILES string of the molecule is C#CCCC.CCCC#Cc1csc(C(=O)N(Cc2ccc(-c3ccc(C(=O)OC)cc3)cc2)C2CCN(C(=O)OC(C)(C)C)CC2)c1.CCCCCc1csc(C(=O)N(Cc2ccc(-c3ccc(C(=O)OC)cc3)cc2)C2CCN(C(=O)OC(C)(C)C)CC2)c1.COC(=O)c1ccc(-c2ccc(CN(C(=O)c3cc(Br)cs3)C3CCN(C(=O)OC(C)(C)C)CC3)cc2)cc1. The fraction of sp³-hybridized carbons (Fsp3) is 0.419. The Hall–Kier alpha value is -11.4. The smallest absolute Gasteiger partial charge is 0.410 e. The van der Waals surface area contributed by atoms with Gasteiger partial charge >= 0.3 is 36.2 Å². The number of halogens is 1. The maximum Gasteiger partial charge on any atom is 0.410 e. The lowest BCUT2D eigenvalue weighted by molar-refractivity contribution is 0.0128. The second-order valence-electron chi connectivity index (χ2n) is 35.3. The Labute approximate surface area is 788 Å². The third-order valence-corrected chi connectivity index (χ3v) is 25.4. The molecule has 3 fully saturated rings. The van der Waals surface area contributed by atoms with Crippen molar-refractivity contribution < 1.29 is 71.6 Å². The number of carbonyl (C=O) groups is 9. The maximum absolute atomic E-state index is 14.0. The fourth-order valence-corrected chi connectivity index (χ4v) is 18.0. The van der Waals surface area contributed by atoms with E-state index < -0.39 is 16.8 Å². The van der Waals surface area contributed by atoms with E-state index in [1.165, 1.54) is 73.7 Å². The van der Waals surface area contributed by atoms with E-state index in [1.54, 1.807) is 51.1 Å². The molecule has 6 aromatic carbocycles. The molecule has 0 N–H and O–H groups in total. The summed E-state index contributed by atoms with van der Waals surface area (Å²) < 4.78 is 32.0. The van der Waals surface area contributed by atoms with E-state index in [9.17, 15) is 43.2 Å². The number of hydrogen-bond acceptors (Lipinski definition) is 18. The molecule has 9 aromatic rings. The number of ether oxygens (including phenoxy) is 6. The van der Waals surface area contributed by atoms with Gasteiger partial charge in [0.2, 0.25) is 0 Å². The lowest BCUT2D eigenvalue weighted by Gasteiger charge is -2.39. The molecule has 130 heavy (non-hydrogen) atoms. The topological polar surface area (TPSA) is 228 Å². The number of piperidine rings is 3. The highest BCUT2D eigenvalue weighted by Gasteiger charge is 2.37. The molecule has 0 radical (unpaired) electrons. The molecule has 0 unspecified atom stereocenters. The molecule has 12 rings (SSSR count). The minimum Gasteiger partial charge on any atom is -0.465 e. The first-order chi connectivity index (χ1) is 62.1. The van der Waals surface area contributed by atoms with Crippen LogP contribution >= 0.6 is 49.9 Å². The Bertz CT molecular complexity index is 5310. The van der Waals surface area contributed by atoms with Gasteiger partial charge in [0.1, 0.15) is 16.8 Å². The molecule has 3 aliphatic heterocycles. The summed E-state index contributed by atoms with van der Waals surface area (Å²) in [6, 6.07) is 52.2. The molecule has 0 saturated carbocycles. The first-order valence-electron chi connectivity index (χ1n) is 44.6. The average molecular weight is 1890 g/mol. The van der Waals surface area contributed by atoms with E-state index in [4.69, 9.17) is 34.8 Å². The van der Waals surface area contributed by atoms with E-state index in [0.29, 0.717) is 124 Å². The van der Waals surface area contributed by atoms with Crippen LogP contribution in [0.3, 0.4) is 0 Å². The normalized spacial score (nSPS) is 13.6. The number of hydrogen-bond donors (Lipinski definition) is 0. The van der Waals surface area contributed by atoms with Gasteiger partial charge in [-0.05, 0) is 258 Å². The van der Waals surface area contributed by atoms with Crippen LogP contribution in [0.25, 0.3) is 33.4 Å². The molecule has 3 saturated heterocycles. The van der Waals surface area contributed by atoms with Crippen molar-refractivity contribution in [1.82, 2.24) is 29.4 Å². The molecular weight excluding hydrogens is 1760 g/mol. The molecule has 3 aromatic heterocycles. The molecule has 0 aliphatic carbocycles. The number of nitrogens with zero attached hydrogens (tertiary/aromatic N) is 6. The largest absolute Gasteiger partial charge is 0.465 e. The predicted octanol–water partition coefficient (Wildman–Crippen LogP) is 23.8. The van der Waals surface area contributed by atoms with Gasteiger partial charge in [0.15, 0.2) is 0 Å². The average Bonchev–Trinajstić information content (AvgIpc) is 1.50. The Morgan fingerprint density at radius 2 is 0.692 bits per heavy atom. The number of likely N-dealkylation sites (tertiary alicyclic amines) is 3. The van der Waals surface area contributed by atoms with Crippen molar-refractivity contribution in [2.45, 2.75) is 228 Å². The fourth-order valence-electron chi connectivity index (χ4n) is 14.9. The van der Waals surface area contributed by atoms with Crippen LogP contribution in [0.2, 0.25) is 0 Å². The van der Waals surface area contributed by atoms with Crippen molar-refractivity contribution in [3.05, 3.63) is 244 Å². The van der Waals surface area contributed by atoms with Crippen LogP contribution in [0, 0.1) is 24.2 Å². The lowest BCUT2D eigenvalue weighted by Crippen LogP contribution is -2.49. The first kappa shape index (κ1) is 102. The maximum atomic E-state index is 14.0. The van der Waals surface area contributed by atoms with E-state index in [1.807, 2.05) is 197 Å². The molecule has 6 amide bonds. The van der Waals surface area contributed by atoms with Gasteiger partial charge in [0, 0.05) is 111 Å². The molecule has 0 atom stereocenters. The third kappa shape index (κ3) is 31.5. The minimum atomic E-state index is -0.553. The number of thiophene rings is 3. The van der Waals surface area contributed by atoms with E-state index in [-0.39, 0.29) is 72.0 Å². The Morgan fingerprint density at radius 1 is 0.392 bits per heavy atom. The summed E-state index contributed by atoms with van der Waals surface area (Å²) in [4.78, 5) is 128. The number of esters is 3. The van der Waals surface area contributed by atoms with Gasteiger partial charge in [-0.15, -0.1) is 46.4 Å². The van der Waals surface area contributed by atoms with Crippen molar-refractivity contribution >= 4 is 104 Å². The highest BCUT2D eigenvalue weighted by Crippen LogP contribution is 2.34. The molecule has 0 bridgehead atoms. The van der Waals surface area contributed by atoms with Crippen LogP contribution < -0.4 is 0 Å². The zero-order valence-electron chi connectivity index (χ0n) is 77.8. The lowest BCUT2D eigenvalue weighted by atomic mass is 10.00. The van der Waals surface area contributed by atoms with Crippen molar-refractivity contribution in [3.63, 3.8) is 0 Å². The minimum absolute atomic E-state index is 0.00241. The summed E-state index contributed by atoms with van der Waals surface area (Å²) in [5, 5.41) is 5.97. The van der Waals surface area contributed by atoms with Gasteiger partial charge in [0.25, 0.3) is 17.7 Å². The van der Waals surface area contributed by atoms with E-state index >= 15 is 0 Å². The summed E-state index contributed by atoms with van der Waals surface area (Å²) in [6.07, 6.45) is 16.4. The third-order valence-electron chi connectivity index (χ3n) is 21.8. The number of aryl methyl sites for hydroxylation is 1. The first-order valence-corrected chi connectivity index (χ1v) is 48.1. The molecule has 3 aliphatic rings. The van der Waals surface area contributed by atoms with Crippen molar-refractivity contribution in [2.24, 2.45) is 0 Å². The number of benzene rings is 6. The monoisotopic (exact) mass is 1880 g/mol. The van der Waals surface area contributed by atoms with Crippen molar-refractivity contribution in [1.29, 1.82) is 0 Å². The molecule has 0 spiro atoms. The van der Waals surface area contributed by atoms with Gasteiger partial charge in [0.05, 0.1) is 52.7 Å². The molecule has 690 valence electrons. The summed E-state index contributed by atoms with van der Waals surface area (Å²) in [6.45, 7) is 27.8. The van der Waals surface area contributed by atoms with Gasteiger partial charge in [-0.1, -0.05) is 155 Å². The van der Waals surface area contributed by atoms with E-state index in [0.717, 1.165) is 104 Å². The van der Waals surface area contributed by atoms with Gasteiger partial charge in [-0.25, -0.2) is 28.8 Å². The van der Waals surface area contributed by atoms with Crippen LogP contribution in [0.4, 0.5) is 14.4 Å². The van der Waals surface area contributed by atoms with Crippen molar-refractivity contribution in [3.8, 4) is 57.6 Å². The Kier molecular flexibility index (Phi) is 39.1. The van der Waals surface area contributed by atoms with Crippen LogP contribution in [0.15, 0.2) is 184 Å². The number of methoxy groups -OCH3 is 3. The Morgan fingerprint density at radius 3 is 0.969 bits per heavy atom. The molecule has 25 heteroatoms. The van der Waals surface area contributed by atoms with E-state index in [2.05, 4.69) is 78.0 Å². The van der Waals surface area contributed by atoms with Gasteiger partial charge < -0.3 is 57.8 Å². The predicted molar refractivity (Wildman–Crippen MR) is 521 cm³/mol. The molecule has 6 heterocycles. The Balaban J connectivity index is 0.000000214. The summed E-state index contributed by atoms with van der Waals surface area (Å²) in [5.74, 6) is 7.77. The molecule has 21 nitrogen and oxygen atoms in total. The zero-order valence-corrected chi connectivity index (χ0v) is 81.8. The highest BCUT2D eigenvalue weighted by molar-refractivity contribution is 9.10. The van der Waals surface area contributed by atoms with Gasteiger partial charge in [-0.3, -0.25) is 14.4 Å². The standard InChI is InChI=1S/C35H44N2O5S.C35H40N2O5S.C30H33BrN2O5S.C5H8/c2*1-6-7-8-9-26-22-31(43-24-26)32(38)37(30-18-20-36(21-19-30)34(40)42-35(2,3)4)23-25-10-12-27(13-11-25)28-14-16-29(17-15-28)33(39)41-5;1-30(2,3)38-29(36)32-15-13-25(14-16-32)33(27(34)26-17-24(31)19-39-26)18-20-5-7-21(8-6-20)22-9-11-23(12-10-22)28(35)37-4;1-3-5-4-2/h10-17,22,24,30H,6-9,18-21,23H2,1-5H3;10-17,22,24,30H,6-7,18-21,23H2,1-5H3;5-12,17,19,25H,13-16,18H2,1-4H3;1H,4-5H2,2H3.